The third kappa shape index (κ3) is 8.42. The molecule has 0 saturated heterocycles. The maximum absolute atomic E-state index is 12.0. The molecular formula is C22H28O7S. The fourth-order valence-electron chi connectivity index (χ4n) is 2.76. The van der Waals surface area contributed by atoms with Crippen molar-refractivity contribution in [2.75, 3.05) is 26.1 Å². The van der Waals surface area contributed by atoms with Crippen LogP contribution in [0.3, 0.4) is 0 Å². The molecule has 0 saturated carbocycles. The maximum Gasteiger partial charge on any atom is 0.335 e. The molecule has 0 amide bonds. The summed E-state index contributed by atoms with van der Waals surface area (Å²) in [6.07, 6.45) is 1.50. The molecule has 0 aliphatic carbocycles. The van der Waals surface area contributed by atoms with Crippen LogP contribution in [0.4, 0.5) is 0 Å². The topological polar surface area (TPSA) is 88.1 Å². The summed E-state index contributed by atoms with van der Waals surface area (Å²) in [4.78, 5) is 12.0. The first-order valence-electron chi connectivity index (χ1n) is 9.79. The lowest BCUT2D eigenvalue weighted by molar-refractivity contribution is -0.156. The van der Waals surface area contributed by atoms with E-state index in [0.717, 1.165) is 23.1 Å². The van der Waals surface area contributed by atoms with Gasteiger partial charge in [-0.05, 0) is 49.2 Å². The molecule has 0 heterocycles. The van der Waals surface area contributed by atoms with Crippen LogP contribution in [0.1, 0.15) is 25.0 Å². The van der Waals surface area contributed by atoms with Crippen molar-refractivity contribution in [1.29, 1.82) is 0 Å². The Morgan fingerprint density at radius 2 is 1.50 bits per heavy atom. The molecule has 2 aromatic carbocycles. The second kappa shape index (κ2) is 11.6. The van der Waals surface area contributed by atoms with E-state index in [4.69, 9.17) is 18.4 Å². The molecule has 164 valence electrons. The van der Waals surface area contributed by atoms with Gasteiger partial charge in [-0.25, -0.2) is 4.79 Å². The van der Waals surface area contributed by atoms with Crippen molar-refractivity contribution < 1.29 is 31.6 Å². The molecular weight excluding hydrogens is 408 g/mol. The molecule has 0 spiro atoms. The summed E-state index contributed by atoms with van der Waals surface area (Å²) in [7, 11) is -3.52. The summed E-state index contributed by atoms with van der Waals surface area (Å²) in [5.41, 5.74) is 1.96. The Kier molecular flexibility index (Phi) is 9.14. The highest BCUT2D eigenvalue weighted by molar-refractivity contribution is 7.86. The fourth-order valence-corrected chi connectivity index (χ4v) is 3.22. The minimum Gasteiger partial charge on any atom is -0.493 e. The minimum absolute atomic E-state index is 0.283. The van der Waals surface area contributed by atoms with Crippen LogP contribution in [-0.2, 0) is 37.2 Å². The van der Waals surface area contributed by atoms with Crippen molar-refractivity contribution in [3.8, 4) is 11.5 Å². The smallest absolute Gasteiger partial charge is 0.335 e. The van der Waals surface area contributed by atoms with Crippen LogP contribution in [0.2, 0.25) is 0 Å². The number of carbonyl (C=O) groups is 1. The molecule has 0 radical (unpaired) electrons. The number of hydrogen-bond donors (Lipinski definition) is 0. The minimum atomic E-state index is -3.52. The van der Waals surface area contributed by atoms with E-state index in [1.54, 1.807) is 31.2 Å². The van der Waals surface area contributed by atoms with Gasteiger partial charge in [-0.2, -0.15) is 8.42 Å². The number of hydrogen-bond acceptors (Lipinski definition) is 7. The highest BCUT2D eigenvalue weighted by Gasteiger charge is 2.20. The van der Waals surface area contributed by atoms with Crippen molar-refractivity contribution >= 4 is 16.1 Å². The second-order valence-corrected chi connectivity index (χ2v) is 8.15. The zero-order chi connectivity index (χ0) is 22.0. The Labute approximate surface area is 178 Å². The van der Waals surface area contributed by atoms with E-state index < -0.39 is 16.2 Å². The number of esters is 1. The van der Waals surface area contributed by atoms with Crippen molar-refractivity contribution in [2.24, 2.45) is 0 Å². The zero-order valence-electron chi connectivity index (χ0n) is 17.5. The Morgan fingerprint density at radius 1 is 0.900 bits per heavy atom. The van der Waals surface area contributed by atoms with Crippen molar-refractivity contribution in [1.82, 2.24) is 0 Å². The summed E-state index contributed by atoms with van der Waals surface area (Å²) in [5.74, 6) is 0.651. The Balaban J connectivity index is 1.83. The molecule has 0 aliphatic heterocycles. The first-order valence-corrected chi connectivity index (χ1v) is 11.6. The average Bonchev–Trinajstić information content (AvgIpc) is 2.69. The first-order chi connectivity index (χ1) is 14.3. The van der Waals surface area contributed by atoms with Gasteiger partial charge in [0.25, 0.3) is 0 Å². The Morgan fingerprint density at radius 3 is 2.07 bits per heavy atom. The van der Waals surface area contributed by atoms with Gasteiger partial charge < -0.3 is 18.4 Å². The van der Waals surface area contributed by atoms with E-state index in [1.807, 2.05) is 31.2 Å². The zero-order valence-corrected chi connectivity index (χ0v) is 18.3. The van der Waals surface area contributed by atoms with Crippen LogP contribution in [-0.4, -0.2) is 46.6 Å². The van der Waals surface area contributed by atoms with Gasteiger partial charge >= 0.3 is 16.1 Å². The Bertz CT molecular complexity index is 890. The molecule has 0 aromatic heterocycles. The predicted molar refractivity (Wildman–Crippen MR) is 113 cm³/mol. The third-order valence-corrected chi connectivity index (χ3v) is 4.59. The SMILES string of the molecule is CCOC(=O)[C@H](Cc1ccc(OCCc2ccc(OS(C)(=O)=O)cc2)cc1)OCC. The van der Waals surface area contributed by atoms with Gasteiger partial charge in [0.05, 0.1) is 19.5 Å². The largest absolute Gasteiger partial charge is 0.493 e. The van der Waals surface area contributed by atoms with E-state index in [1.165, 1.54) is 0 Å². The predicted octanol–water partition coefficient (Wildman–Crippen LogP) is 3.16. The summed E-state index contributed by atoms with van der Waals surface area (Å²) in [5, 5.41) is 0. The van der Waals surface area contributed by atoms with Crippen LogP contribution in [0.15, 0.2) is 48.5 Å². The standard InChI is InChI=1S/C22H28O7S/c1-4-26-21(22(23)27-5-2)16-18-8-10-19(11-9-18)28-15-14-17-6-12-20(13-7-17)29-30(3,24)25/h6-13,21H,4-5,14-16H2,1-3H3/t21-/m0/s1. The second-order valence-electron chi connectivity index (χ2n) is 6.57. The molecule has 7 nitrogen and oxygen atoms in total. The van der Waals surface area contributed by atoms with E-state index in [9.17, 15) is 13.2 Å². The molecule has 8 heteroatoms. The van der Waals surface area contributed by atoms with Gasteiger partial charge in [-0.1, -0.05) is 24.3 Å². The van der Waals surface area contributed by atoms with E-state index in [-0.39, 0.29) is 11.7 Å². The first kappa shape index (κ1) is 23.7. The highest BCUT2D eigenvalue weighted by atomic mass is 32.2. The fraction of sp³-hybridized carbons (Fsp3) is 0.409. The number of benzene rings is 2. The van der Waals surface area contributed by atoms with E-state index in [2.05, 4.69) is 0 Å². The molecule has 0 N–H and O–H groups in total. The van der Waals surface area contributed by atoms with Crippen LogP contribution in [0.5, 0.6) is 11.5 Å². The Hall–Kier alpha value is -2.58. The number of rotatable bonds is 12. The summed E-state index contributed by atoms with van der Waals surface area (Å²) < 4.78 is 43.4. The van der Waals surface area contributed by atoms with Crippen LogP contribution < -0.4 is 8.92 Å². The van der Waals surface area contributed by atoms with Crippen LogP contribution in [0, 0.1) is 0 Å². The number of ether oxygens (including phenoxy) is 3. The number of carbonyl (C=O) groups excluding carboxylic acids is 1. The lowest BCUT2D eigenvalue weighted by Crippen LogP contribution is -2.28. The normalized spacial score (nSPS) is 12.2. The van der Waals surface area contributed by atoms with Gasteiger partial charge in [0.2, 0.25) is 0 Å². The maximum atomic E-state index is 12.0. The van der Waals surface area contributed by atoms with Crippen molar-refractivity contribution in [2.45, 2.75) is 32.8 Å². The van der Waals surface area contributed by atoms with Crippen LogP contribution >= 0.6 is 0 Å². The molecule has 1 atom stereocenters. The van der Waals surface area contributed by atoms with Gasteiger partial charge in [-0.15, -0.1) is 0 Å². The lowest BCUT2D eigenvalue weighted by Gasteiger charge is -2.15. The molecule has 0 fully saturated rings. The molecule has 2 aromatic rings. The van der Waals surface area contributed by atoms with Gasteiger partial charge in [0.15, 0.2) is 6.10 Å². The third-order valence-electron chi connectivity index (χ3n) is 4.09. The van der Waals surface area contributed by atoms with E-state index in [0.29, 0.717) is 32.7 Å². The van der Waals surface area contributed by atoms with Crippen molar-refractivity contribution in [3.05, 3.63) is 59.7 Å². The average molecular weight is 437 g/mol. The van der Waals surface area contributed by atoms with E-state index >= 15 is 0 Å². The lowest BCUT2D eigenvalue weighted by atomic mass is 10.1. The highest BCUT2D eigenvalue weighted by Crippen LogP contribution is 2.17. The molecule has 30 heavy (non-hydrogen) atoms. The quantitative estimate of drug-likeness (QED) is 0.373. The van der Waals surface area contributed by atoms with Gasteiger partial charge in [-0.3, -0.25) is 0 Å². The van der Waals surface area contributed by atoms with Gasteiger partial charge in [0, 0.05) is 19.4 Å². The monoisotopic (exact) mass is 436 g/mol. The van der Waals surface area contributed by atoms with Gasteiger partial charge in [0.1, 0.15) is 11.5 Å². The molecule has 0 unspecified atom stereocenters. The van der Waals surface area contributed by atoms with Crippen LogP contribution in [0.25, 0.3) is 0 Å². The summed E-state index contributed by atoms with van der Waals surface area (Å²) in [6.45, 7) is 4.84. The molecule has 0 aliphatic rings. The molecule has 2 rings (SSSR count). The van der Waals surface area contributed by atoms with Crippen molar-refractivity contribution in [3.63, 3.8) is 0 Å². The summed E-state index contributed by atoms with van der Waals surface area (Å²) >= 11 is 0. The summed E-state index contributed by atoms with van der Waals surface area (Å²) in [6, 6.07) is 14.3. The molecule has 0 bridgehead atoms.